The number of nitrogens with zero attached hydrogens (tertiary/aromatic N) is 1. The van der Waals surface area contributed by atoms with Gasteiger partial charge in [-0.25, -0.2) is 0 Å². The Hall–Kier alpha value is -2.09. The van der Waals surface area contributed by atoms with Crippen molar-refractivity contribution in [1.82, 2.24) is 0 Å². The lowest BCUT2D eigenvalue weighted by Gasteiger charge is -2.31. The third-order valence-corrected chi connectivity index (χ3v) is 3.97. The molecule has 0 spiro atoms. The zero-order valence-corrected chi connectivity index (χ0v) is 11.6. The predicted octanol–water partition coefficient (Wildman–Crippen LogP) is 3.49. The van der Waals surface area contributed by atoms with E-state index in [1.807, 2.05) is 12.1 Å². The Kier molecular flexibility index (Phi) is 3.82. The average Bonchev–Trinajstić information content (AvgIpc) is 2.53. The van der Waals surface area contributed by atoms with Crippen molar-refractivity contribution in [1.29, 1.82) is 0 Å². The molecule has 2 heteroatoms. The highest BCUT2D eigenvalue weighted by Crippen LogP contribution is 2.27. The molecule has 102 valence electrons. The minimum atomic E-state index is 0.786. The molecule has 20 heavy (non-hydrogen) atoms. The molecule has 0 fully saturated rings. The van der Waals surface area contributed by atoms with Crippen LogP contribution in [0.3, 0.4) is 0 Å². The largest absolute Gasteiger partial charge is 0.371 e. The second kappa shape index (κ2) is 5.91. The molecule has 1 heterocycles. The number of carbonyl (C=O) groups is 1. The Bertz CT molecular complexity index is 592. The van der Waals surface area contributed by atoms with Gasteiger partial charge in [0, 0.05) is 24.3 Å². The molecule has 0 N–H and O–H groups in total. The van der Waals surface area contributed by atoms with Crippen LogP contribution in [-0.2, 0) is 12.8 Å². The molecule has 0 saturated heterocycles. The molecule has 2 aromatic rings. The lowest BCUT2D eigenvalue weighted by atomic mass is 9.99. The van der Waals surface area contributed by atoms with Crippen molar-refractivity contribution >= 4 is 12.0 Å². The third kappa shape index (κ3) is 2.74. The Balaban J connectivity index is 1.75. The van der Waals surface area contributed by atoms with Gasteiger partial charge in [-0.1, -0.05) is 30.3 Å². The smallest absolute Gasteiger partial charge is 0.150 e. The van der Waals surface area contributed by atoms with Crippen molar-refractivity contribution in [2.24, 2.45) is 0 Å². The second-order valence-corrected chi connectivity index (χ2v) is 5.33. The van der Waals surface area contributed by atoms with Crippen molar-refractivity contribution in [3.8, 4) is 0 Å². The number of anilines is 1. The zero-order chi connectivity index (χ0) is 13.8. The molecule has 0 aliphatic carbocycles. The number of benzene rings is 2. The average molecular weight is 265 g/mol. The van der Waals surface area contributed by atoms with Gasteiger partial charge in [0.05, 0.1) is 0 Å². The fourth-order valence-corrected chi connectivity index (χ4v) is 2.91. The van der Waals surface area contributed by atoms with E-state index in [-0.39, 0.29) is 0 Å². The van der Waals surface area contributed by atoms with Gasteiger partial charge in [0.25, 0.3) is 0 Å². The molecule has 1 aliphatic rings. The van der Waals surface area contributed by atoms with E-state index < -0.39 is 0 Å². The van der Waals surface area contributed by atoms with Gasteiger partial charge in [0.2, 0.25) is 0 Å². The van der Waals surface area contributed by atoms with Crippen LogP contribution in [0.15, 0.2) is 48.5 Å². The van der Waals surface area contributed by atoms with E-state index in [4.69, 9.17) is 0 Å². The number of aryl methyl sites for hydroxylation is 1. The molecule has 0 bridgehead atoms. The minimum Gasteiger partial charge on any atom is -0.371 e. The van der Waals surface area contributed by atoms with Gasteiger partial charge in [0.1, 0.15) is 6.29 Å². The molecule has 2 nitrogen and oxygen atoms in total. The summed E-state index contributed by atoms with van der Waals surface area (Å²) in [6.07, 6.45) is 4.25. The highest BCUT2D eigenvalue weighted by Gasteiger charge is 2.16. The lowest BCUT2D eigenvalue weighted by molar-refractivity contribution is 0.112. The monoisotopic (exact) mass is 265 g/mol. The van der Waals surface area contributed by atoms with E-state index in [0.717, 1.165) is 37.8 Å². The quantitative estimate of drug-likeness (QED) is 0.789. The summed E-state index contributed by atoms with van der Waals surface area (Å²) in [6, 6.07) is 16.7. The Morgan fingerprint density at radius 1 is 1.10 bits per heavy atom. The minimum absolute atomic E-state index is 0.786. The van der Waals surface area contributed by atoms with Gasteiger partial charge in [-0.3, -0.25) is 4.79 Å². The van der Waals surface area contributed by atoms with E-state index >= 15 is 0 Å². The van der Waals surface area contributed by atoms with Crippen LogP contribution in [0.5, 0.6) is 0 Å². The topological polar surface area (TPSA) is 20.3 Å². The summed E-state index contributed by atoms with van der Waals surface area (Å²) in [5, 5.41) is 0. The number of aldehydes is 1. The summed E-state index contributed by atoms with van der Waals surface area (Å²) in [5.41, 5.74) is 4.78. The third-order valence-electron chi connectivity index (χ3n) is 3.97. The number of hydrogen-bond acceptors (Lipinski definition) is 2. The van der Waals surface area contributed by atoms with Gasteiger partial charge < -0.3 is 4.90 Å². The number of rotatable bonds is 4. The van der Waals surface area contributed by atoms with Crippen LogP contribution in [-0.4, -0.2) is 19.4 Å². The standard InChI is InChI=1S/C18H19NO/c20-14-16-8-9-18-17(13-16)7-4-11-19(18)12-10-15-5-2-1-3-6-15/h1-3,5-6,8-9,13-14H,4,7,10-12H2. The molecule has 0 radical (unpaired) electrons. The summed E-state index contributed by atoms with van der Waals surface area (Å²) in [4.78, 5) is 13.3. The normalized spacial score (nSPS) is 13.9. The van der Waals surface area contributed by atoms with E-state index in [9.17, 15) is 4.79 Å². The first-order chi connectivity index (χ1) is 9.86. The molecular formula is C18H19NO. The van der Waals surface area contributed by atoms with E-state index in [1.165, 1.54) is 23.2 Å². The predicted molar refractivity (Wildman–Crippen MR) is 82.5 cm³/mol. The lowest BCUT2D eigenvalue weighted by Crippen LogP contribution is -2.31. The van der Waals surface area contributed by atoms with Crippen LogP contribution in [0.2, 0.25) is 0 Å². The van der Waals surface area contributed by atoms with Gasteiger partial charge in [-0.05, 0) is 48.6 Å². The van der Waals surface area contributed by atoms with Crippen LogP contribution in [0, 0.1) is 0 Å². The highest BCUT2D eigenvalue weighted by molar-refractivity contribution is 5.77. The first-order valence-corrected chi connectivity index (χ1v) is 7.24. The van der Waals surface area contributed by atoms with Crippen LogP contribution in [0.1, 0.15) is 27.9 Å². The van der Waals surface area contributed by atoms with Gasteiger partial charge >= 0.3 is 0 Å². The van der Waals surface area contributed by atoms with E-state index in [2.05, 4.69) is 41.3 Å². The number of fused-ring (bicyclic) bond motifs is 1. The first-order valence-electron chi connectivity index (χ1n) is 7.24. The first kappa shape index (κ1) is 12.9. The molecule has 0 amide bonds. The SMILES string of the molecule is O=Cc1ccc2c(c1)CCCN2CCc1ccccc1. The fraction of sp³-hybridized carbons (Fsp3) is 0.278. The van der Waals surface area contributed by atoms with Crippen molar-refractivity contribution in [2.75, 3.05) is 18.0 Å². The Morgan fingerprint density at radius 3 is 2.75 bits per heavy atom. The fourth-order valence-electron chi connectivity index (χ4n) is 2.91. The summed E-state index contributed by atoms with van der Waals surface area (Å²) in [7, 11) is 0. The molecule has 0 aromatic heterocycles. The molecule has 0 unspecified atom stereocenters. The number of hydrogen-bond donors (Lipinski definition) is 0. The van der Waals surface area contributed by atoms with Crippen molar-refractivity contribution in [2.45, 2.75) is 19.3 Å². The maximum absolute atomic E-state index is 10.9. The van der Waals surface area contributed by atoms with Crippen LogP contribution in [0.25, 0.3) is 0 Å². The summed E-state index contributed by atoms with van der Waals surface area (Å²) < 4.78 is 0. The van der Waals surface area contributed by atoms with E-state index in [1.54, 1.807) is 0 Å². The van der Waals surface area contributed by atoms with Crippen LogP contribution >= 0.6 is 0 Å². The molecule has 0 atom stereocenters. The zero-order valence-electron chi connectivity index (χ0n) is 11.6. The van der Waals surface area contributed by atoms with Crippen molar-refractivity contribution < 1.29 is 4.79 Å². The van der Waals surface area contributed by atoms with Crippen molar-refractivity contribution in [3.63, 3.8) is 0 Å². The second-order valence-electron chi connectivity index (χ2n) is 5.33. The Labute approximate surface area is 120 Å². The molecule has 0 saturated carbocycles. The van der Waals surface area contributed by atoms with Gasteiger partial charge in [-0.2, -0.15) is 0 Å². The maximum atomic E-state index is 10.9. The van der Waals surface area contributed by atoms with Crippen molar-refractivity contribution in [3.05, 3.63) is 65.2 Å². The molecule has 2 aromatic carbocycles. The highest BCUT2D eigenvalue weighted by atomic mass is 16.1. The maximum Gasteiger partial charge on any atom is 0.150 e. The molecular weight excluding hydrogens is 246 g/mol. The van der Waals surface area contributed by atoms with Crippen LogP contribution in [0.4, 0.5) is 5.69 Å². The van der Waals surface area contributed by atoms with Crippen LogP contribution < -0.4 is 4.90 Å². The van der Waals surface area contributed by atoms with Gasteiger partial charge in [0.15, 0.2) is 0 Å². The summed E-state index contributed by atoms with van der Waals surface area (Å²) in [5.74, 6) is 0. The summed E-state index contributed by atoms with van der Waals surface area (Å²) in [6.45, 7) is 2.15. The van der Waals surface area contributed by atoms with E-state index in [0.29, 0.717) is 0 Å². The molecule has 1 aliphatic heterocycles. The Morgan fingerprint density at radius 2 is 1.95 bits per heavy atom. The van der Waals surface area contributed by atoms with Gasteiger partial charge in [-0.15, -0.1) is 0 Å². The summed E-state index contributed by atoms with van der Waals surface area (Å²) >= 11 is 0. The molecule has 3 rings (SSSR count). The number of carbonyl (C=O) groups excluding carboxylic acids is 1.